The Bertz CT molecular complexity index is 2700. The van der Waals surface area contributed by atoms with Gasteiger partial charge >= 0.3 is 925 Å². The van der Waals surface area contributed by atoms with Crippen molar-refractivity contribution in [3.05, 3.63) is 320 Å². The first-order valence-electron chi connectivity index (χ1n) is 24.9. The van der Waals surface area contributed by atoms with Gasteiger partial charge in [-0.25, -0.2) is 0 Å². The second-order valence-corrected chi connectivity index (χ2v) is 18.4. The predicted molar refractivity (Wildman–Crippen MR) is 311 cm³/mol. The number of hydrogen-bond donors (Lipinski definition) is 0. The van der Waals surface area contributed by atoms with Gasteiger partial charge in [0.15, 0.2) is 0 Å². The molecule has 0 radical (unpaired) electrons. The molecule has 18 heteroatoms. The topological polar surface area (TPSA) is 0 Å². The molecule has 0 aromatic heterocycles. The Hall–Kier alpha value is 22.4. The van der Waals surface area contributed by atoms with E-state index in [0.29, 0.717) is 0 Å². The van der Waals surface area contributed by atoms with E-state index in [0.717, 1.165) is 39.8 Å². The van der Waals surface area contributed by atoms with Gasteiger partial charge in [-0.2, -0.15) is 0 Å². The maximum Gasteiger partial charge on any atom is 1.00 e. The molecule has 0 N–H and O–H groups in total. The molecule has 9 aromatic rings. The summed E-state index contributed by atoms with van der Waals surface area (Å²) in [5, 5.41) is 0. The van der Waals surface area contributed by atoms with Crippen LogP contribution in [-0.4, -0.2) is 0 Å². The standard InChI is InChI=1S/2C10H12.C9H10.4C8H8.C7H6.C6H4.18K/c1-7-5-9(3)10(4)6-8(7)2;1-10(2,3)9-7-5-4-6-8-9;1-7-4-5-8(2)9(3)6-7;1-7-3-5-8(2)6-4-7;1-7-4-3-5-8(2)6-7;1-7-5-3-4-6-8(7)2;1-2-8-6-4-3-5-7-8;1-7-5-3-2-4-6-7;1-2-4-6-5-3-1;;;;;;;;;;;;;;;;;;/h1-4H3;4-5,8H,1-3H3;4H,1-3H3;3,6H,1-2H3;4-5H,1-2H3;3-4H,1-2H3;3-4,7H,2H2,1H3;2-3,6H,1H3;1-2,5-6H;;;;;;;;;;;;;;;;;;/q9*-2;18*+1. The van der Waals surface area contributed by atoms with E-state index in [1.807, 2.05) is 184 Å². The quantitative estimate of drug-likeness (QED) is 0.114. The van der Waals surface area contributed by atoms with Crippen LogP contribution in [-0.2, 0) is 11.8 Å². The van der Waals surface area contributed by atoms with Crippen molar-refractivity contribution in [2.45, 2.75) is 136 Å². The van der Waals surface area contributed by atoms with Gasteiger partial charge in [0, 0.05) is 0 Å². The zero-order valence-corrected chi connectivity index (χ0v) is 122. The molecule has 0 saturated heterocycles. The van der Waals surface area contributed by atoms with Crippen LogP contribution in [0.5, 0.6) is 0 Å². The maximum atomic E-state index is 3.28. The van der Waals surface area contributed by atoms with E-state index in [4.69, 9.17) is 0 Å². The smallest absolute Gasteiger partial charge is 0.319 e. The fourth-order valence-corrected chi connectivity index (χ4v) is 5.56. The summed E-state index contributed by atoms with van der Waals surface area (Å²) in [7, 11) is 0. The Balaban J connectivity index is -0.0000000410. The maximum absolute atomic E-state index is 3.28. The molecule has 0 spiro atoms. The Morgan fingerprint density at radius 3 is 0.717 bits per heavy atom. The van der Waals surface area contributed by atoms with E-state index in [9.17, 15) is 0 Å². The largest absolute Gasteiger partial charge is 1.00 e. The molecular formula is C74H76K18. The minimum atomic E-state index is 0. The van der Waals surface area contributed by atoms with Crippen molar-refractivity contribution in [1.29, 1.82) is 0 Å². The average Bonchev–Trinajstić information content (AvgIpc) is 3.39. The van der Waals surface area contributed by atoms with Crippen molar-refractivity contribution in [3.63, 3.8) is 0 Å². The first kappa shape index (κ1) is 158. The molecule has 0 bridgehead atoms. The summed E-state index contributed by atoms with van der Waals surface area (Å²) in [6, 6.07) is 93.0. The third kappa shape index (κ3) is 96.3. The molecule has 0 unspecified atom stereocenters. The first-order valence-corrected chi connectivity index (χ1v) is 24.9. The summed E-state index contributed by atoms with van der Waals surface area (Å²) < 4.78 is 0. The minimum Gasteiger partial charge on any atom is -0.319 e. The van der Waals surface area contributed by atoms with Gasteiger partial charge in [0.05, 0.1) is 0 Å². The van der Waals surface area contributed by atoms with Crippen molar-refractivity contribution in [3.8, 4) is 0 Å². The molecule has 390 valence electrons. The van der Waals surface area contributed by atoms with Crippen molar-refractivity contribution in [2.24, 2.45) is 0 Å². The molecule has 0 saturated carbocycles. The van der Waals surface area contributed by atoms with E-state index in [1.165, 1.54) is 55.6 Å². The fraction of sp³-hybridized carbons (Fsp3) is 0.270. The number of hydrogen-bond acceptors (Lipinski definition) is 0. The molecule has 0 atom stereocenters. The summed E-state index contributed by atoms with van der Waals surface area (Å²) in [5.41, 5.74) is 19.2. The van der Waals surface area contributed by atoms with Crippen molar-refractivity contribution < 1.29 is 925 Å². The van der Waals surface area contributed by atoms with Crippen molar-refractivity contribution >= 4 is 0 Å². The zero-order chi connectivity index (χ0) is 55.3. The molecule has 9 rings (SSSR count). The van der Waals surface area contributed by atoms with Crippen LogP contribution in [0.4, 0.5) is 0 Å². The van der Waals surface area contributed by atoms with E-state index >= 15 is 0 Å². The molecule has 0 aliphatic rings. The molecule has 0 heterocycles. The number of aryl methyl sites for hydroxylation is 15. The third-order valence-electron chi connectivity index (χ3n) is 10.5. The monoisotopic (exact) mass is 1670 g/mol. The third-order valence-corrected chi connectivity index (χ3v) is 10.5. The zero-order valence-electron chi connectivity index (χ0n) is 65.8. The van der Waals surface area contributed by atoms with Crippen molar-refractivity contribution in [1.82, 2.24) is 0 Å². The fourth-order valence-electron chi connectivity index (χ4n) is 5.56. The van der Waals surface area contributed by atoms with Gasteiger partial charge in [0.2, 0.25) is 0 Å². The second-order valence-electron chi connectivity index (χ2n) is 18.4. The van der Waals surface area contributed by atoms with Gasteiger partial charge in [-0.15, -0.1) is 96.9 Å². The average molecular weight is 1670 g/mol. The van der Waals surface area contributed by atoms with Crippen LogP contribution in [0.25, 0.3) is 0 Å². The van der Waals surface area contributed by atoms with Gasteiger partial charge in [-0.3, -0.25) is 210 Å². The summed E-state index contributed by atoms with van der Waals surface area (Å²) in [4.78, 5) is 0. The summed E-state index contributed by atoms with van der Waals surface area (Å²) in [6.45, 7) is 37.2. The number of rotatable bonds is 1. The van der Waals surface area contributed by atoms with Crippen LogP contribution in [0.3, 0.4) is 0 Å². The second kappa shape index (κ2) is 108. The first-order chi connectivity index (χ1) is 35.1. The molecule has 0 amide bonds. The molecular weight excluding hydrogens is 1590 g/mol. The minimum absolute atomic E-state index is 0. The van der Waals surface area contributed by atoms with Gasteiger partial charge in [0.25, 0.3) is 0 Å². The van der Waals surface area contributed by atoms with Gasteiger partial charge < -0.3 is 109 Å². The molecule has 0 aliphatic heterocycles. The summed E-state index contributed by atoms with van der Waals surface area (Å²) in [6.07, 6.45) is 1.05. The Morgan fingerprint density at radius 1 is 0.228 bits per heavy atom. The van der Waals surface area contributed by atoms with E-state index in [2.05, 4.69) is 172 Å². The van der Waals surface area contributed by atoms with Crippen LogP contribution in [0.15, 0.2) is 121 Å². The van der Waals surface area contributed by atoms with Gasteiger partial charge in [-0.1, -0.05) is 39.5 Å². The van der Waals surface area contributed by atoms with Crippen LogP contribution in [0, 0.1) is 206 Å². The molecule has 0 nitrogen and oxygen atoms in total. The normalized spacial score (nSPS) is 7.67. The SMILES string of the molecule is CC(C)(C)c1[c-]cc[c-]c1.CCc1[c-]cc[c-]c1.Cc1[c-]c(C)c(C)[c-]c1.Cc1[c-]c(C)c(C)[c-]c1C.Cc1[c-]c(C)c[c-]c1.Cc1[c-]cc(C)[c-]c1.Cc1[c-]cc[c-]c1.Cc1[c-]cc[c-]c1C.[K+].[K+].[K+].[K+].[K+].[K+].[K+].[K+].[K+].[K+].[K+].[K+].[K+].[K+].[K+].[K+].[K+].[K+].[c-]1cc[c-]cc1. The van der Waals surface area contributed by atoms with Gasteiger partial charge in [0.1, 0.15) is 0 Å². The van der Waals surface area contributed by atoms with E-state index < -0.39 is 0 Å². The van der Waals surface area contributed by atoms with E-state index in [1.54, 1.807) is 0 Å². The Labute approximate surface area is 1330 Å². The summed E-state index contributed by atoms with van der Waals surface area (Å²) >= 11 is 0. The van der Waals surface area contributed by atoms with Crippen LogP contribution < -0.4 is 925 Å². The Morgan fingerprint density at radius 2 is 0.511 bits per heavy atom. The predicted octanol–water partition coefficient (Wildman–Crippen LogP) is -36.2. The number of benzene rings is 9. The summed E-state index contributed by atoms with van der Waals surface area (Å²) in [5.74, 6) is 0. The molecule has 9 aromatic carbocycles. The van der Waals surface area contributed by atoms with Crippen LogP contribution in [0.2, 0.25) is 0 Å². The van der Waals surface area contributed by atoms with E-state index in [-0.39, 0.29) is 930 Å². The van der Waals surface area contributed by atoms with Crippen LogP contribution >= 0.6 is 0 Å². The molecule has 0 aliphatic carbocycles. The molecule has 92 heavy (non-hydrogen) atoms. The Kier molecular flexibility index (Phi) is 185. The van der Waals surface area contributed by atoms with Gasteiger partial charge in [-0.05, 0) is 0 Å². The molecule has 0 fully saturated rings. The van der Waals surface area contributed by atoms with Crippen LogP contribution in [0.1, 0.15) is 117 Å². The van der Waals surface area contributed by atoms with Crippen molar-refractivity contribution in [2.75, 3.05) is 0 Å².